The van der Waals surface area contributed by atoms with Crippen LogP contribution in [0.2, 0.25) is 0 Å². The van der Waals surface area contributed by atoms with E-state index in [1.807, 2.05) is 19.1 Å². The molecule has 2 aromatic carbocycles. The number of halogens is 3. The molecule has 0 aliphatic heterocycles. The van der Waals surface area contributed by atoms with E-state index in [0.29, 0.717) is 22.0 Å². The van der Waals surface area contributed by atoms with Gasteiger partial charge in [-0.2, -0.15) is 13.2 Å². The van der Waals surface area contributed by atoms with E-state index in [0.717, 1.165) is 27.4 Å². The first-order chi connectivity index (χ1) is 13.8. The average Bonchev–Trinajstić information content (AvgIpc) is 3.26. The van der Waals surface area contributed by atoms with Crippen LogP contribution in [0.5, 0.6) is 0 Å². The fraction of sp³-hybridized carbons (Fsp3) is 0.150. The first kappa shape index (κ1) is 19.5. The summed E-state index contributed by atoms with van der Waals surface area (Å²) in [6, 6.07) is 10.4. The molecule has 0 saturated carbocycles. The predicted octanol–water partition coefficient (Wildman–Crippen LogP) is 5.93. The summed E-state index contributed by atoms with van der Waals surface area (Å²) in [6.45, 7) is 1.93. The third-order valence-corrected chi connectivity index (χ3v) is 6.01. The Morgan fingerprint density at radius 2 is 1.86 bits per heavy atom. The zero-order chi connectivity index (χ0) is 20.6. The molecule has 0 fully saturated rings. The van der Waals surface area contributed by atoms with Gasteiger partial charge in [-0.15, -0.1) is 22.7 Å². The van der Waals surface area contributed by atoms with Crippen molar-refractivity contribution in [2.24, 2.45) is 0 Å². The molecule has 4 nitrogen and oxygen atoms in total. The molecule has 0 bridgehead atoms. The molecule has 0 spiro atoms. The van der Waals surface area contributed by atoms with Crippen LogP contribution in [0.15, 0.2) is 47.8 Å². The molecule has 4 aromatic rings. The molecule has 0 atom stereocenters. The van der Waals surface area contributed by atoms with Crippen LogP contribution in [0.4, 0.5) is 18.9 Å². The second-order valence-electron chi connectivity index (χ2n) is 6.36. The molecular formula is C20H14F3N3OS2. The molecule has 0 aliphatic carbocycles. The highest BCUT2D eigenvalue weighted by Crippen LogP contribution is 2.32. The van der Waals surface area contributed by atoms with E-state index >= 15 is 0 Å². The van der Waals surface area contributed by atoms with Crippen molar-refractivity contribution in [3.8, 4) is 10.6 Å². The Bertz CT molecular complexity index is 1180. The molecule has 0 unspecified atom stereocenters. The molecule has 29 heavy (non-hydrogen) atoms. The van der Waals surface area contributed by atoms with Crippen molar-refractivity contribution < 1.29 is 18.0 Å². The molecule has 2 heterocycles. The van der Waals surface area contributed by atoms with Gasteiger partial charge in [-0.25, -0.2) is 9.97 Å². The number of hydrogen-bond acceptors (Lipinski definition) is 5. The summed E-state index contributed by atoms with van der Waals surface area (Å²) in [5.74, 6) is -0.213. The molecule has 0 saturated heterocycles. The van der Waals surface area contributed by atoms with E-state index < -0.39 is 11.7 Å². The monoisotopic (exact) mass is 433 g/mol. The molecule has 0 radical (unpaired) electrons. The molecule has 4 rings (SSSR count). The highest BCUT2D eigenvalue weighted by atomic mass is 32.1. The molecular weight excluding hydrogens is 419 g/mol. The second kappa shape index (κ2) is 7.57. The molecule has 1 N–H and O–H groups in total. The highest BCUT2D eigenvalue weighted by Gasteiger charge is 2.30. The van der Waals surface area contributed by atoms with Gasteiger partial charge in [0.25, 0.3) is 0 Å². The lowest BCUT2D eigenvalue weighted by atomic mass is 10.1. The van der Waals surface area contributed by atoms with Gasteiger partial charge in [0.2, 0.25) is 5.91 Å². The lowest BCUT2D eigenvalue weighted by Crippen LogP contribution is -2.14. The van der Waals surface area contributed by atoms with Crippen LogP contribution in [-0.4, -0.2) is 15.9 Å². The number of aromatic nitrogens is 2. The maximum atomic E-state index is 12.7. The standard InChI is InChI=1S/C20H14F3N3OS2/c1-11-24-16-7-6-14(8-17(16)29-11)25-18(27)9-15-10-28-19(26-15)12-2-4-13(5-3-12)20(21,22)23/h2-8,10H,9H2,1H3,(H,25,27). The lowest BCUT2D eigenvalue weighted by molar-refractivity contribution is -0.137. The third kappa shape index (κ3) is 4.46. The van der Waals surface area contributed by atoms with E-state index in [9.17, 15) is 18.0 Å². The Morgan fingerprint density at radius 3 is 2.59 bits per heavy atom. The van der Waals surface area contributed by atoms with E-state index in [4.69, 9.17) is 0 Å². The largest absolute Gasteiger partial charge is 0.416 e. The summed E-state index contributed by atoms with van der Waals surface area (Å²) in [5.41, 5.74) is 2.03. The van der Waals surface area contributed by atoms with Crippen LogP contribution in [-0.2, 0) is 17.4 Å². The van der Waals surface area contributed by atoms with Gasteiger partial charge in [0.05, 0.1) is 32.9 Å². The number of carbonyl (C=O) groups is 1. The summed E-state index contributed by atoms with van der Waals surface area (Å²) >= 11 is 2.85. The topological polar surface area (TPSA) is 54.9 Å². The number of rotatable bonds is 4. The van der Waals surface area contributed by atoms with E-state index in [2.05, 4.69) is 15.3 Å². The number of anilines is 1. The Balaban J connectivity index is 1.43. The minimum absolute atomic E-state index is 0.0802. The Morgan fingerprint density at radius 1 is 1.10 bits per heavy atom. The van der Waals surface area contributed by atoms with Crippen molar-refractivity contribution >= 4 is 44.5 Å². The van der Waals surface area contributed by atoms with Crippen molar-refractivity contribution in [1.82, 2.24) is 9.97 Å². The van der Waals surface area contributed by atoms with Crippen LogP contribution in [0.25, 0.3) is 20.8 Å². The van der Waals surface area contributed by atoms with Crippen molar-refractivity contribution in [2.45, 2.75) is 19.5 Å². The zero-order valence-electron chi connectivity index (χ0n) is 15.1. The van der Waals surface area contributed by atoms with Crippen molar-refractivity contribution in [2.75, 3.05) is 5.32 Å². The quantitative estimate of drug-likeness (QED) is 0.434. The minimum Gasteiger partial charge on any atom is -0.326 e. The fourth-order valence-electron chi connectivity index (χ4n) is 2.81. The van der Waals surface area contributed by atoms with Gasteiger partial charge in [0, 0.05) is 16.6 Å². The number of nitrogens with zero attached hydrogens (tertiary/aromatic N) is 2. The first-order valence-electron chi connectivity index (χ1n) is 8.57. The van der Waals surface area contributed by atoms with Crippen LogP contribution < -0.4 is 5.32 Å². The maximum Gasteiger partial charge on any atom is 0.416 e. The minimum atomic E-state index is -4.37. The van der Waals surface area contributed by atoms with E-state index in [1.165, 1.54) is 23.5 Å². The number of alkyl halides is 3. The van der Waals surface area contributed by atoms with Gasteiger partial charge in [-0.1, -0.05) is 12.1 Å². The number of nitrogens with one attached hydrogen (secondary N) is 1. The van der Waals surface area contributed by atoms with Crippen LogP contribution in [0.1, 0.15) is 16.3 Å². The fourth-order valence-corrected chi connectivity index (χ4v) is 4.50. The Labute approximate surface area is 172 Å². The summed E-state index contributed by atoms with van der Waals surface area (Å²) in [7, 11) is 0. The van der Waals surface area contributed by atoms with Gasteiger partial charge in [-0.3, -0.25) is 4.79 Å². The smallest absolute Gasteiger partial charge is 0.326 e. The number of benzene rings is 2. The van der Waals surface area contributed by atoms with Gasteiger partial charge in [0.15, 0.2) is 0 Å². The van der Waals surface area contributed by atoms with Crippen LogP contribution >= 0.6 is 22.7 Å². The van der Waals surface area contributed by atoms with Gasteiger partial charge in [-0.05, 0) is 37.3 Å². The van der Waals surface area contributed by atoms with Crippen LogP contribution in [0, 0.1) is 6.92 Å². The number of aryl methyl sites for hydroxylation is 1. The van der Waals surface area contributed by atoms with E-state index in [1.54, 1.807) is 22.8 Å². The molecule has 148 valence electrons. The van der Waals surface area contributed by atoms with E-state index in [-0.39, 0.29) is 12.3 Å². The average molecular weight is 433 g/mol. The first-order valence-corrected chi connectivity index (χ1v) is 10.3. The SMILES string of the molecule is Cc1nc2ccc(NC(=O)Cc3csc(-c4ccc(C(F)(F)F)cc4)n3)cc2s1. The molecule has 1 amide bonds. The van der Waals surface area contributed by atoms with Crippen LogP contribution in [0.3, 0.4) is 0 Å². The third-order valence-electron chi connectivity index (χ3n) is 4.13. The summed E-state index contributed by atoms with van der Waals surface area (Å²) in [5, 5.41) is 6.12. The highest BCUT2D eigenvalue weighted by molar-refractivity contribution is 7.18. The van der Waals surface area contributed by atoms with Crippen molar-refractivity contribution in [3.05, 3.63) is 64.1 Å². The van der Waals surface area contributed by atoms with Gasteiger partial charge < -0.3 is 5.32 Å². The maximum absolute atomic E-state index is 12.7. The lowest BCUT2D eigenvalue weighted by Gasteiger charge is -2.06. The van der Waals surface area contributed by atoms with Crippen molar-refractivity contribution in [3.63, 3.8) is 0 Å². The number of hydrogen-bond donors (Lipinski definition) is 1. The van der Waals surface area contributed by atoms with Crippen molar-refractivity contribution in [1.29, 1.82) is 0 Å². The number of fused-ring (bicyclic) bond motifs is 1. The summed E-state index contributed by atoms with van der Waals surface area (Å²) in [6.07, 6.45) is -4.29. The van der Waals surface area contributed by atoms with Gasteiger partial charge in [0.1, 0.15) is 5.01 Å². The Hall–Kier alpha value is -2.78. The summed E-state index contributed by atoms with van der Waals surface area (Å²) in [4.78, 5) is 21.1. The summed E-state index contributed by atoms with van der Waals surface area (Å²) < 4.78 is 39.0. The number of thiazole rings is 2. The zero-order valence-corrected chi connectivity index (χ0v) is 16.7. The Kier molecular flexibility index (Phi) is 5.10. The van der Waals surface area contributed by atoms with Gasteiger partial charge >= 0.3 is 6.18 Å². The molecule has 9 heteroatoms. The predicted molar refractivity (Wildman–Crippen MR) is 109 cm³/mol. The second-order valence-corrected chi connectivity index (χ2v) is 8.45. The number of carbonyl (C=O) groups excluding carboxylic acids is 1. The molecule has 0 aliphatic rings. The normalized spacial score (nSPS) is 11.7. The number of amides is 1. The molecule has 2 aromatic heterocycles.